The predicted molar refractivity (Wildman–Crippen MR) is 66.4 cm³/mol. The van der Waals surface area contributed by atoms with Gasteiger partial charge in [-0.05, 0) is 29.3 Å². The van der Waals surface area contributed by atoms with Crippen molar-refractivity contribution in [2.75, 3.05) is 5.73 Å². The van der Waals surface area contributed by atoms with Crippen LogP contribution in [0.25, 0.3) is 0 Å². The second-order valence-electron chi connectivity index (χ2n) is 3.90. The van der Waals surface area contributed by atoms with E-state index in [1.54, 1.807) is 24.3 Å². The monoisotopic (exact) mass is 249 g/mol. The Bertz CT molecular complexity index is 558. The molecule has 0 amide bonds. The fourth-order valence-corrected chi connectivity index (χ4v) is 1.83. The van der Waals surface area contributed by atoms with Crippen LogP contribution in [0.1, 0.15) is 17.2 Å². The molecule has 0 aromatic heterocycles. The fraction of sp³-hybridized carbons (Fsp3) is 0.0769. The molecule has 0 spiro atoms. The standard InChI is InChI=1S/C13H13F2N3/c14-10-6-5-8(7-11(10)15)13(18-17)9-3-1-2-4-12(9)16/h1-7,13,18H,16-17H2. The van der Waals surface area contributed by atoms with Crippen LogP contribution in [0.4, 0.5) is 14.5 Å². The number of anilines is 1. The average Bonchev–Trinajstić information content (AvgIpc) is 2.37. The molecule has 94 valence electrons. The first-order chi connectivity index (χ1) is 8.63. The van der Waals surface area contributed by atoms with Gasteiger partial charge in [-0.3, -0.25) is 5.84 Å². The van der Waals surface area contributed by atoms with E-state index in [-0.39, 0.29) is 0 Å². The Morgan fingerprint density at radius 2 is 1.72 bits per heavy atom. The topological polar surface area (TPSA) is 64.1 Å². The molecule has 0 radical (unpaired) electrons. The zero-order chi connectivity index (χ0) is 13.1. The van der Waals surface area contributed by atoms with Gasteiger partial charge in [-0.2, -0.15) is 0 Å². The van der Waals surface area contributed by atoms with E-state index in [1.165, 1.54) is 6.07 Å². The fourth-order valence-electron chi connectivity index (χ4n) is 1.83. The van der Waals surface area contributed by atoms with Crippen molar-refractivity contribution in [3.05, 3.63) is 65.2 Å². The van der Waals surface area contributed by atoms with E-state index in [2.05, 4.69) is 5.43 Å². The van der Waals surface area contributed by atoms with Gasteiger partial charge in [0.15, 0.2) is 11.6 Å². The van der Waals surface area contributed by atoms with E-state index in [0.717, 1.165) is 12.1 Å². The molecule has 0 saturated carbocycles. The molecular formula is C13H13F2N3. The number of rotatable bonds is 3. The largest absolute Gasteiger partial charge is 0.398 e. The Hall–Kier alpha value is -1.98. The molecule has 18 heavy (non-hydrogen) atoms. The van der Waals surface area contributed by atoms with E-state index in [9.17, 15) is 8.78 Å². The van der Waals surface area contributed by atoms with E-state index < -0.39 is 17.7 Å². The van der Waals surface area contributed by atoms with E-state index in [0.29, 0.717) is 16.8 Å². The van der Waals surface area contributed by atoms with Gasteiger partial charge in [-0.1, -0.05) is 24.3 Å². The smallest absolute Gasteiger partial charge is 0.159 e. The van der Waals surface area contributed by atoms with Crippen molar-refractivity contribution in [3.8, 4) is 0 Å². The van der Waals surface area contributed by atoms with Crippen LogP contribution < -0.4 is 17.0 Å². The molecule has 0 aliphatic heterocycles. The van der Waals surface area contributed by atoms with Crippen molar-refractivity contribution in [1.82, 2.24) is 5.43 Å². The zero-order valence-corrected chi connectivity index (χ0v) is 9.53. The molecule has 3 nitrogen and oxygen atoms in total. The highest BCUT2D eigenvalue weighted by Crippen LogP contribution is 2.26. The maximum Gasteiger partial charge on any atom is 0.159 e. The molecular weight excluding hydrogens is 236 g/mol. The van der Waals surface area contributed by atoms with Crippen molar-refractivity contribution in [2.24, 2.45) is 5.84 Å². The third-order valence-electron chi connectivity index (χ3n) is 2.75. The van der Waals surface area contributed by atoms with Crippen LogP contribution in [0.3, 0.4) is 0 Å². The highest BCUT2D eigenvalue weighted by Gasteiger charge is 2.16. The summed E-state index contributed by atoms with van der Waals surface area (Å²) in [6.07, 6.45) is 0. The zero-order valence-electron chi connectivity index (χ0n) is 9.53. The Balaban J connectivity index is 2.45. The molecule has 2 aromatic carbocycles. The quantitative estimate of drug-likeness (QED) is 0.443. The molecule has 1 unspecified atom stereocenters. The number of hydrogen-bond donors (Lipinski definition) is 3. The lowest BCUT2D eigenvalue weighted by Gasteiger charge is -2.18. The first-order valence-corrected chi connectivity index (χ1v) is 5.39. The maximum absolute atomic E-state index is 13.2. The normalized spacial score (nSPS) is 12.4. The summed E-state index contributed by atoms with van der Waals surface area (Å²) in [6.45, 7) is 0. The highest BCUT2D eigenvalue weighted by atomic mass is 19.2. The molecule has 2 rings (SSSR count). The van der Waals surface area contributed by atoms with Crippen LogP contribution in [0.15, 0.2) is 42.5 Å². The van der Waals surface area contributed by atoms with Crippen molar-refractivity contribution in [2.45, 2.75) is 6.04 Å². The molecule has 0 heterocycles. The van der Waals surface area contributed by atoms with Gasteiger partial charge in [0.05, 0.1) is 6.04 Å². The summed E-state index contributed by atoms with van der Waals surface area (Å²) >= 11 is 0. The van der Waals surface area contributed by atoms with Crippen molar-refractivity contribution >= 4 is 5.69 Å². The Kier molecular flexibility index (Phi) is 3.55. The predicted octanol–water partition coefficient (Wildman–Crippen LogP) is 2.10. The summed E-state index contributed by atoms with van der Waals surface area (Å²) in [5.41, 5.74) is 10.1. The summed E-state index contributed by atoms with van der Waals surface area (Å²) in [5, 5.41) is 0. The van der Waals surface area contributed by atoms with Crippen molar-refractivity contribution < 1.29 is 8.78 Å². The number of nitrogens with two attached hydrogens (primary N) is 2. The first-order valence-electron chi connectivity index (χ1n) is 5.39. The Morgan fingerprint density at radius 3 is 2.33 bits per heavy atom. The minimum absolute atomic E-state index is 0.485. The lowest BCUT2D eigenvalue weighted by Crippen LogP contribution is -2.29. The number of benzene rings is 2. The lowest BCUT2D eigenvalue weighted by molar-refractivity contribution is 0.504. The molecule has 0 aliphatic rings. The summed E-state index contributed by atoms with van der Waals surface area (Å²) in [4.78, 5) is 0. The summed E-state index contributed by atoms with van der Waals surface area (Å²) in [6, 6.07) is 10.2. The van der Waals surface area contributed by atoms with Crippen LogP contribution in [-0.2, 0) is 0 Å². The summed E-state index contributed by atoms with van der Waals surface area (Å²) < 4.78 is 26.1. The second-order valence-corrected chi connectivity index (χ2v) is 3.90. The Morgan fingerprint density at radius 1 is 1.00 bits per heavy atom. The number of hydrogen-bond acceptors (Lipinski definition) is 3. The molecule has 0 bridgehead atoms. The van der Waals surface area contributed by atoms with Crippen molar-refractivity contribution in [3.63, 3.8) is 0 Å². The maximum atomic E-state index is 13.2. The molecule has 0 saturated heterocycles. The van der Waals surface area contributed by atoms with Gasteiger partial charge in [-0.15, -0.1) is 0 Å². The first kappa shape index (κ1) is 12.5. The van der Waals surface area contributed by atoms with Crippen LogP contribution >= 0.6 is 0 Å². The van der Waals surface area contributed by atoms with Gasteiger partial charge >= 0.3 is 0 Å². The minimum Gasteiger partial charge on any atom is -0.398 e. The average molecular weight is 249 g/mol. The molecule has 2 aromatic rings. The van der Waals surface area contributed by atoms with Crippen LogP contribution in [0, 0.1) is 11.6 Å². The number of hydrazine groups is 1. The summed E-state index contributed by atoms with van der Waals surface area (Å²) in [7, 11) is 0. The van der Waals surface area contributed by atoms with Crippen LogP contribution in [0.2, 0.25) is 0 Å². The third kappa shape index (κ3) is 2.32. The molecule has 1 atom stereocenters. The van der Waals surface area contributed by atoms with Gasteiger partial charge in [-0.25, -0.2) is 14.2 Å². The minimum atomic E-state index is -0.915. The molecule has 5 N–H and O–H groups in total. The highest BCUT2D eigenvalue weighted by molar-refractivity contribution is 5.51. The number of para-hydroxylation sites is 1. The SMILES string of the molecule is NNC(c1ccc(F)c(F)c1)c1ccccc1N. The molecule has 5 heteroatoms. The molecule has 0 fully saturated rings. The van der Waals surface area contributed by atoms with Crippen LogP contribution in [-0.4, -0.2) is 0 Å². The van der Waals surface area contributed by atoms with E-state index in [4.69, 9.17) is 11.6 Å². The van der Waals surface area contributed by atoms with E-state index >= 15 is 0 Å². The lowest BCUT2D eigenvalue weighted by atomic mass is 9.98. The summed E-state index contributed by atoms with van der Waals surface area (Å²) in [5.74, 6) is 3.66. The van der Waals surface area contributed by atoms with E-state index in [1.807, 2.05) is 0 Å². The third-order valence-corrected chi connectivity index (χ3v) is 2.75. The van der Waals surface area contributed by atoms with Gasteiger partial charge in [0.1, 0.15) is 0 Å². The van der Waals surface area contributed by atoms with Gasteiger partial charge in [0.2, 0.25) is 0 Å². The van der Waals surface area contributed by atoms with Gasteiger partial charge in [0, 0.05) is 5.69 Å². The van der Waals surface area contributed by atoms with Crippen molar-refractivity contribution in [1.29, 1.82) is 0 Å². The number of nitrogen functional groups attached to an aromatic ring is 1. The van der Waals surface area contributed by atoms with Crippen LogP contribution in [0.5, 0.6) is 0 Å². The second kappa shape index (κ2) is 5.12. The molecule has 0 aliphatic carbocycles. The number of nitrogens with one attached hydrogen (secondary N) is 1. The number of halogens is 2. The Labute approximate surface area is 103 Å². The van der Waals surface area contributed by atoms with Gasteiger partial charge < -0.3 is 5.73 Å². The van der Waals surface area contributed by atoms with Gasteiger partial charge in [0.25, 0.3) is 0 Å².